The molecule has 0 saturated carbocycles. The summed E-state index contributed by atoms with van der Waals surface area (Å²) in [6.07, 6.45) is 4.61. The molecule has 3 heterocycles. The summed E-state index contributed by atoms with van der Waals surface area (Å²) in [5, 5.41) is 9.65. The third kappa shape index (κ3) is 3.52. The Balaban J connectivity index is 1.57. The SMILES string of the molecule is CCC(=O)N1CCC=C(c2ccc(-c3nc4cc(O)[nH]c4cc3C)cc2)CC1. The molecule has 28 heavy (non-hydrogen) atoms. The number of aromatic hydroxyl groups is 1. The molecule has 1 amide bonds. The van der Waals surface area contributed by atoms with E-state index in [4.69, 9.17) is 4.98 Å². The molecule has 0 spiro atoms. The zero-order valence-electron chi connectivity index (χ0n) is 16.3. The molecule has 4 rings (SSSR count). The highest BCUT2D eigenvalue weighted by molar-refractivity contribution is 5.82. The average Bonchev–Trinajstić information content (AvgIpc) is 2.90. The number of carbonyl (C=O) groups excluding carboxylic acids is 1. The second-order valence-electron chi connectivity index (χ2n) is 7.32. The molecule has 0 fully saturated rings. The molecule has 0 bridgehead atoms. The van der Waals surface area contributed by atoms with E-state index >= 15 is 0 Å². The number of fused-ring (bicyclic) bond motifs is 1. The number of aromatic amines is 1. The summed E-state index contributed by atoms with van der Waals surface area (Å²) >= 11 is 0. The molecule has 2 N–H and O–H groups in total. The Morgan fingerprint density at radius 3 is 2.68 bits per heavy atom. The molecule has 1 aliphatic heterocycles. The second-order valence-corrected chi connectivity index (χ2v) is 7.32. The number of nitrogens with one attached hydrogen (secondary N) is 1. The van der Waals surface area contributed by atoms with Crippen LogP contribution in [0.1, 0.15) is 37.3 Å². The Bertz CT molecular complexity index is 1050. The predicted octanol–water partition coefficient (Wildman–Crippen LogP) is 4.66. The van der Waals surface area contributed by atoms with Gasteiger partial charge in [-0.3, -0.25) is 4.79 Å². The number of nitrogens with zero attached hydrogens (tertiary/aromatic N) is 2. The molecule has 1 aliphatic rings. The quantitative estimate of drug-likeness (QED) is 0.699. The van der Waals surface area contributed by atoms with E-state index in [1.165, 1.54) is 11.1 Å². The fraction of sp³-hybridized carbons (Fsp3) is 0.304. The minimum Gasteiger partial charge on any atom is -0.495 e. The number of aromatic nitrogens is 2. The Labute approximate surface area is 164 Å². The van der Waals surface area contributed by atoms with E-state index < -0.39 is 0 Å². The van der Waals surface area contributed by atoms with Crippen LogP contribution in [-0.4, -0.2) is 39.0 Å². The first-order valence-electron chi connectivity index (χ1n) is 9.82. The van der Waals surface area contributed by atoms with Crippen LogP contribution in [0.4, 0.5) is 0 Å². The van der Waals surface area contributed by atoms with Gasteiger partial charge < -0.3 is 15.0 Å². The van der Waals surface area contributed by atoms with Crippen LogP contribution in [0.2, 0.25) is 0 Å². The van der Waals surface area contributed by atoms with Gasteiger partial charge in [-0.2, -0.15) is 0 Å². The Morgan fingerprint density at radius 2 is 1.93 bits per heavy atom. The van der Waals surface area contributed by atoms with Crippen LogP contribution in [0.15, 0.2) is 42.5 Å². The van der Waals surface area contributed by atoms with Gasteiger partial charge in [-0.1, -0.05) is 37.3 Å². The van der Waals surface area contributed by atoms with Crippen molar-refractivity contribution in [2.45, 2.75) is 33.1 Å². The number of amides is 1. The van der Waals surface area contributed by atoms with Gasteiger partial charge in [0.25, 0.3) is 0 Å². The molecular weight excluding hydrogens is 350 g/mol. The van der Waals surface area contributed by atoms with Crippen molar-refractivity contribution < 1.29 is 9.90 Å². The first kappa shape index (κ1) is 18.3. The van der Waals surface area contributed by atoms with E-state index in [9.17, 15) is 9.90 Å². The van der Waals surface area contributed by atoms with Crippen molar-refractivity contribution in [2.24, 2.45) is 0 Å². The second kappa shape index (κ2) is 7.50. The van der Waals surface area contributed by atoms with Crippen LogP contribution in [0, 0.1) is 6.92 Å². The zero-order valence-corrected chi connectivity index (χ0v) is 16.3. The highest BCUT2D eigenvalue weighted by atomic mass is 16.3. The van der Waals surface area contributed by atoms with Gasteiger partial charge in [0.1, 0.15) is 0 Å². The van der Waals surface area contributed by atoms with Crippen molar-refractivity contribution in [2.75, 3.05) is 13.1 Å². The van der Waals surface area contributed by atoms with Crippen molar-refractivity contribution in [3.8, 4) is 17.1 Å². The van der Waals surface area contributed by atoms with Crippen molar-refractivity contribution in [3.63, 3.8) is 0 Å². The number of hydrogen-bond acceptors (Lipinski definition) is 3. The van der Waals surface area contributed by atoms with Crippen LogP contribution in [0.5, 0.6) is 5.88 Å². The summed E-state index contributed by atoms with van der Waals surface area (Å²) in [6, 6.07) is 12.1. The minimum absolute atomic E-state index is 0.130. The van der Waals surface area contributed by atoms with Crippen molar-refractivity contribution in [1.29, 1.82) is 0 Å². The molecule has 0 aliphatic carbocycles. The van der Waals surface area contributed by atoms with Crippen molar-refractivity contribution in [3.05, 3.63) is 53.6 Å². The number of benzene rings is 1. The molecule has 144 valence electrons. The smallest absolute Gasteiger partial charge is 0.222 e. The van der Waals surface area contributed by atoms with E-state index in [0.29, 0.717) is 6.42 Å². The standard InChI is InChI=1S/C23H25N3O2/c1-3-22(28)26-11-4-5-16(10-12-26)17-6-8-18(9-7-17)23-15(2)13-19-20(25-23)14-21(27)24-19/h5-9,13-14,24,27H,3-4,10-12H2,1-2H3. The lowest BCUT2D eigenvalue weighted by Crippen LogP contribution is -2.31. The lowest BCUT2D eigenvalue weighted by atomic mass is 9.98. The van der Waals surface area contributed by atoms with Gasteiger partial charge in [-0.25, -0.2) is 4.98 Å². The number of rotatable bonds is 3. The molecule has 0 unspecified atom stereocenters. The number of hydrogen-bond donors (Lipinski definition) is 2. The van der Waals surface area contributed by atoms with Gasteiger partial charge in [0.05, 0.1) is 16.7 Å². The maximum absolute atomic E-state index is 12.0. The van der Waals surface area contributed by atoms with Crippen LogP contribution in [-0.2, 0) is 4.79 Å². The Kier molecular flexibility index (Phi) is 4.90. The largest absolute Gasteiger partial charge is 0.495 e. The highest BCUT2D eigenvalue weighted by Gasteiger charge is 2.15. The third-order valence-corrected chi connectivity index (χ3v) is 5.40. The van der Waals surface area contributed by atoms with E-state index in [1.807, 2.05) is 24.8 Å². The monoisotopic (exact) mass is 375 g/mol. The molecule has 0 atom stereocenters. The third-order valence-electron chi connectivity index (χ3n) is 5.40. The van der Waals surface area contributed by atoms with Gasteiger partial charge in [0.15, 0.2) is 5.88 Å². The normalized spacial score (nSPS) is 14.8. The molecule has 1 aromatic carbocycles. The molecule has 5 heteroatoms. The minimum atomic E-state index is 0.130. The van der Waals surface area contributed by atoms with Gasteiger partial charge in [0.2, 0.25) is 5.91 Å². The van der Waals surface area contributed by atoms with Gasteiger partial charge in [0, 0.05) is 31.1 Å². The van der Waals surface area contributed by atoms with Gasteiger partial charge in [-0.15, -0.1) is 0 Å². The Morgan fingerprint density at radius 1 is 1.18 bits per heavy atom. The summed E-state index contributed by atoms with van der Waals surface area (Å²) < 4.78 is 0. The lowest BCUT2D eigenvalue weighted by Gasteiger charge is -2.19. The summed E-state index contributed by atoms with van der Waals surface area (Å²) in [6.45, 7) is 5.54. The predicted molar refractivity (Wildman–Crippen MR) is 112 cm³/mol. The summed E-state index contributed by atoms with van der Waals surface area (Å²) in [7, 11) is 0. The lowest BCUT2D eigenvalue weighted by molar-refractivity contribution is -0.130. The van der Waals surface area contributed by atoms with Crippen LogP contribution < -0.4 is 0 Å². The van der Waals surface area contributed by atoms with Crippen molar-refractivity contribution >= 4 is 22.5 Å². The van der Waals surface area contributed by atoms with E-state index in [1.54, 1.807) is 6.07 Å². The van der Waals surface area contributed by atoms with Crippen LogP contribution >= 0.6 is 0 Å². The maximum atomic E-state index is 12.0. The summed E-state index contributed by atoms with van der Waals surface area (Å²) in [5.74, 6) is 0.364. The van der Waals surface area contributed by atoms with E-state index in [2.05, 4.69) is 35.3 Å². The topological polar surface area (TPSA) is 69.2 Å². The molecule has 2 aromatic heterocycles. The zero-order chi connectivity index (χ0) is 19.7. The maximum Gasteiger partial charge on any atom is 0.222 e. The first-order valence-corrected chi connectivity index (χ1v) is 9.82. The van der Waals surface area contributed by atoms with Gasteiger partial charge >= 0.3 is 0 Å². The molecule has 5 nitrogen and oxygen atoms in total. The van der Waals surface area contributed by atoms with E-state index in [-0.39, 0.29) is 11.8 Å². The molecule has 0 saturated heterocycles. The summed E-state index contributed by atoms with van der Waals surface area (Å²) in [5.41, 5.74) is 7.14. The molecule has 3 aromatic rings. The molecule has 0 radical (unpaired) electrons. The average molecular weight is 375 g/mol. The Hall–Kier alpha value is -3.08. The van der Waals surface area contributed by atoms with Gasteiger partial charge in [-0.05, 0) is 42.5 Å². The fourth-order valence-corrected chi connectivity index (χ4v) is 3.87. The fourth-order valence-electron chi connectivity index (χ4n) is 3.87. The highest BCUT2D eigenvalue weighted by Crippen LogP contribution is 2.29. The first-order chi connectivity index (χ1) is 13.5. The van der Waals surface area contributed by atoms with Crippen LogP contribution in [0.25, 0.3) is 27.9 Å². The number of pyridine rings is 1. The summed E-state index contributed by atoms with van der Waals surface area (Å²) in [4.78, 5) is 21.6. The molecular formula is C23H25N3O2. The number of H-pyrrole nitrogens is 1. The van der Waals surface area contributed by atoms with E-state index in [0.717, 1.165) is 53.8 Å². The number of aryl methyl sites for hydroxylation is 1. The van der Waals surface area contributed by atoms with Crippen molar-refractivity contribution in [1.82, 2.24) is 14.9 Å². The number of carbonyl (C=O) groups is 1. The van der Waals surface area contributed by atoms with Crippen LogP contribution in [0.3, 0.4) is 0 Å².